The topological polar surface area (TPSA) is 3.24 Å². The first-order valence-corrected chi connectivity index (χ1v) is 7.55. The van der Waals surface area contributed by atoms with Gasteiger partial charge in [-0.1, -0.05) is 45.0 Å². The average Bonchev–Trinajstić information content (AvgIpc) is 2.46. The molecule has 0 saturated carbocycles. The maximum absolute atomic E-state index is 12.8. The van der Waals surface area contributed by atoms with Crippen LogP contribution < -0.4 is 4.90 Å². The summed E-state index contributed by atoms with van der Waals surface area (Å²) in [5.74, 6) is 0. The fraction of sp³-hybridized carbons (Fsp3) is 0.368. The molecular weight excluding hydrogens is 299 g/mol. The lowest BCUT2D eigenvalue weighted by molar-refractivity contribution is -0.137. The summed E-state index contributed by atoms with van der Waals surface area (Å²) in [4.78, 5) is 1.96. The summed E-state index contributed by atoms with van der Waals surface area (Å²) in [6, 6.07) is 13.6. The number of anilines is 1. The van der Waals surface area contributed by atoms with E-state index < -0.39 is 11.7 Å². The average molecular weight is 321 g/mol. The monoisotopic (exact) mass is 321 g/mol. The van der Waals surface area contributed by atoms with Crippen LogP contribution in [0.5, 0.6) is 0 Å². The van der Waals surface area contributed by atoms with E-state index in [0.717, 1.165) is 11.8 Å². The van der Waals surface area contributed by atoms with Gasteiger partial charge in [0.1, 0.15) is 0 Å². The van der Waals surface area contributed by atoms with E-state index in [-0.39, 0.29) is 5.41 Å². The van der Waals surface area contributed by atoms with Gasteiger partial charge in [0.15, 0.2) is 0 Å². The maximum atomic E-state index is 12.8. The van der Waals surface area contributed by atoms with Crippen molar-refractivity contribution >= 4 is 5.69 Å². The van der Waals surface area contributed by atoms with Crippen molar-refractivity contribution in [2.45, 2.75) is 38.9 Å². The third-order valence-electron chi connectivity index (χ3n) is 3.83. The largest absolute Gasteiger partial charge is 0.416 e. The highest BCUT2D eigenvalue weighted by molar-refractivity contribution is 5.50. The molecule has 2 rings (SSSR count). The molecule has 0 radical (unpaired) electrons. The van der Waals surface area contributed by atoms with Crippen LogP contribution in [0.2, 0.25) is 0 Å². The minimum atomic E-state index is -4.30. The molecule has 0 bridgehead atoms. The summed E-state index contributed by atoms with van der Waals surface area (Å²) in [5.41, 5.74) is 2.27. The van der Waals surface area contributed by atoms with Gasteiger partial charge in [-0.05, 0) is 40.8 Å². The molecule has 0 aliphatic rings. The van der Waals surface area contributed by atoms with Gasteiger partial charge in [0.05, 0.1) is 5.56 Å². The molecule has 0 aliphatic carbocycles. The predicted octanol–water partition coefficient (Wildman–Crippen LogP) is 5.64. The van der Waals surface area contributed by atoms with Crippen molar-refractivity contribution in [3.63, 3.8) is 0 Å². The number of nitrogens with zero attached hydrogens (tertiary/aromatic N) is 1. The zero-order valence-electron chi connectivity index (χ0n) is 13.9. The molecule has 0 fully saturated rings. The molecule has 2 aromatic rings. The van der Waals surface area contributed by atoms with Crippen molar-refractivity contribution in [3.8, 4) is 0 Å². The Bertz CT molecular complexity index is 669. The third kappa shape index (κ3) is 4.50. The van der Waals surface area contributed by atoms with E-state index in [9.17, 15) is 13.2 Å². The Labute approximate surface area is 135 Å². The van der Waals surface area contributed by atoms with E-state index in [1.807, 2.05) is 24.1 Å². The molecule has 0 amide bonds. The molecule has 0 spiro atoms. The quantitative estimate of drug-likeness (QED) is 0.707. The molecule has 0 saturated heterocycles. The zero-order valence-corrected chi connectivity index (χ0v) is 13.9. The molecule has 0 N–H and O–H groups in total. The predicted molar refractivity (Wildman–Crippen MR) is 88.7 cm³/mol. The summed E-state index contributed by atoms with van der Waals surface area (Å²) in [6.45, 7) is 6.84. The third-order valence-corrected chi connectivity index (χ3v) is 3.83. The van der Waals surface area contributed by atoms with Gasteiger partial charge in [0.2, 0.25) is 0 Å². The second-order valence-corrected chi connectivity index (χ2v) is 6.85. The van der Waals surface area contributed by atoms with Crippen molar-refractivity contribution in [2.75, 3.05) is 11.9 Å². The summed E-state index contributed by atoms with van der Waals surface area (Å²) in [7, 11) is 1.89. The van der Waals surface area contributed by atoms with Gasteiger partial charge in [-0.25, -0.2) is 0 Å². The van der Waals surface area contributed by atoms with Crippen LogP contribution in [0, 0.1) is 0 Å². The van der Waals surface area contributed by atoms with Crippen LogP contribution in [0.3, 0.4) is 0 Å². The van der Waals surface area contributed by atoms with Crippen LogP contribution in [0.15, 0.2) is 48.5 Å². The zero-order chi connectivity index (χ0) is 17.3. The highest BCUT2D eigenvalue weighted by Gasteiger charge is 2.30. The van der Waals surface area contributed by atoms with E-state index >= 15 is 0 Å². The van der Waals surface area contributed by atoms with E-state index in [4.69, 9.17) is 0 Å². The van der Waals surface area contributed by atoms with E-state index in [1.54, 1.807) is 6.07 Å². The van der Waals surface area contributed by atoms with Crippen LogP contribution in [0.1, 0.15) is 37.5 Å². The highest BCUT2D eigenvalue weighted by Crippen LogP contribution is 2.30. The number of benzene rings is 2. The van der Waals surface area contributed by atoms with Crippen molar-refractivity contribution in [3.05, 3.63) is 65.2 Å². The number of hydrogen-bond acceptors (Lipinski definition) is 1. The van der Waals surface area contributed by atoms with E-state index in [0.29, 0.717) is 12.1 Å². The van der Waals surface area contributed by atoms with Gasteiger partial charge in [0.25, 0.3) is 0 Å². The smallest absolute Gasteiger partial charge is 0.370 e. The van der Waals surface area contributed by atoms with Gasteiger partial charge in [-0.15, -0.1) is 0 Å². The molecule has 124 valence electrons. The lowest BCUT2D eigenvalue weighted by atomic mass is 9.87. The van der Waals surface area contributed by atoms with Crippen molar-refractivity contribution in [2.24, 2.45) is 0 Å². The molecule has 2 aromatic carbocycles. The second-order valence-electron chi connectivity index (χ2n) is 6.85. The summed E-state index contributed by atoms with van der Waals surface area (Å²) in [5, 5.41) is 0. The molecular formula is C19H22F3N. The first kappa shape index (κ1) is 17.4. The lowest BCUT2D eigenvalue weighted by Crippen LogP contribution is -2.18. The van der Waals surface area contributed by atoms with Crippen LogP contribution in [0.4, 0.5) is 18.9 Å². The van der Waals surface area contributed by atoms with E-state index in [1.165, 1.54) is 17.7 Å². The molecule has 1 nitrogen and oxygen atoms in total. The normalized spacial score (nSPS) is 12.3. The van der Waals surface area contributed by atoms with Crippen LogP contribution in [-0.4, -0.2) is 7.05 Å². The van der Waals surface area contributed by atoms with E-state index in [2.05, 4.69) is 32.9 Å². The minimum Gasteiger partial charge on any atom is -0.370 e. The molecule has 23 heavy (non-hydrogen) atoms. The Balaban J connectivity index is 2.21. The summed E-state index contributed by atoms with van der Waals surface area (Å²) >= 11 is 0. The minimum absolute atomic E-state index is 0.0348. The van der Waals surface area contributed by atoms with Crippen molar-refractivity contribution in [1.82, 2.24) is 0 Å². The lowest BCUT2D eigenvalue weighted by Gasteiger charge is -2.24. The van der Waals surface area contributed by atoms with Crippen LogP contribution >= 0.6 is 0 Å². The van der Waals surface area contributed by atoms with Crippen molar-refractivity contribution in [1.29, 1.82) is 0 Å². The number of hydrogen-bond donors (Lipinski definition) is 0. The first-order chi connectivity index (χ1) is 10.6. The molecule has 0 heterocycles. The Morgan fingerprint density at radius 2 is 1.48 bits per heavy atom. The van der Waals surface area contributed by atoms with Crippen molar-refractivity contribution < 1.29 is 13.2 Å². The number of alkyl halides is 3. The van der Waals surface area contributed by atoms with Gasteiger partial charge in [0, 0.05) is 19.3 Å². The molecule has 0 atom stereocenters. The molecule has 4 heteroatoms. The second kappa shape index (κ2) is 6.26. The van der Waals surface area contributed by atoms with Gasteiger partial charge < -0.3 is 4.90 Å². The Kier molecular flexibility index (Phi) is 4.73. The van der Waals surface area contributed by atoms with Gasteiger partial charge in [-0.2, -0.15) is 13.2 Å². The first-order valence-electron chi connectivity index (χ1n) is 7.55. The Morgan fingerprint density at radius 1 is 0.870 bits per heavy atom. The molecule has 0 aromatic heterocycles. The Hall–Kier alpha value is -1.97. The molecule has 0 aliphatic heterocycles. The van der Waals surface area contributed by atoms with Crippen LogP contribution in [-0.2, 0) is 18.1 Å². The fourth-order valence-electron chi connectivity index (χ4n) is 2.42. The fourth-order valence-corrected chi connectivity index (χ4v) is 2.42. The summed E-state index contributed by atoms with van der Waals surface area (Å²) in [6.07, 6.45) is -4.30. The SMILES string of the molecule is CN(Cc1cccc(C(F)(F)F)c1)c1cccc(C(C)(C)C)c1. The van der Waals surface area contributed by atoms with Gasteiger partial charge in [-0.3, -0.25) is 0 Å². The number of halogens is 3. The Morgan fingerprint density at radius 3 is 2.09 bits per heavy atom. The maximum Gasteiger partial charge on any atom is 0.416 e. The highest BCUT2D eigenvalue weighted by atomic mass is 19.4. The number of rotatable bonds is 3. The standard InChI is InChI=1S/C19H22F3N/c1-18(2,3)15-8-6-10-17(12-15)23(4)13-14-7-5-9-16(11-14)19(20,21)22/h5-12H,13H2,1-4H3. The summed E-state index contributed by atoms with van der Waals surface area (Å²) < 4.78 is 38.4. The molecule has 0 unspecified atom stereocenters. The van der Waals surface area contributed by atoms with Gasteiger partial charge >= 0.3 is 6.18 Å². The van der Waals surface area contributed by atoms with Crippen LogP contribution in [0.25, 0.3) is 0 Å².